The van der Waals surface area contributed by atoms with Crippen molar-refractivity contribution in [3.05, 3.63) is 138 Å². The molecule has 0 unspecified atom stereocenters. The second kappa shape index (κ2) is 10.6. The molecule has 1 amide bonds. The van der Waals surface area contributed by atoms with Gasteiger partial charge in [0.05, 0.1) is 11.2 Å². The topological polar surface area (TPSA) is 67.0 Å². The van der Waals surface area contributed by atoms with Gasteiger partial charge >= 0.3 is 6.09 Å². The lowest BCUT2D eigenvalue weighted by molar-refractivity contribution is 0.155. The maximum atomic E-state index is 12.3. The van der Waals surface area contributed by atoms with Crippen LogP contribution in [0.25, 0.3) is 28.6 Å². The van der Waals surface area contributed by atoms with Gasteiger partial charge in [-0.2, -0.15) is 5.10 Å². The van der Waals surface area contributed by atoms with Gasteiger partial charge in [0.2, 0.25) is 0 Å². The lowest BCUT2D eigenvalue weighted by Crippen LogP contribution is -2.13. The van der Waals surface area contributed by atoms with E-state index >= 15 is 0 Å². The summed E-state index contributed by atoms with van der Waals surface area (Å²) in [6.45, 7) is 4.50. The second-order valence-electron chi connectivity index (χ2n) is 8.36. The van der Waals surface area contributed by atoms with Gasteiger partial charge in [0.1, 0.15) is 6.61 Å². The fourth-order valence-electron chi connectivity index (χ4n) is 3.92. The number of H-pyrrole nitrogens is 1. The summed E-state index contributed by atoms with van der Waals surface area (Å²) < 4.78 is 5.33. The van der Waals surface area contributed by atoms with Crippen molar-refractivity contribution in [3.63, 3.8) is 0 Å². The first-order valence-corrected chi connectivity index (χ1v) is 11.6. The SMILES string of the molecule is C=C(c1cccc(NC(=O)OCc2ccccc2)c1)c1ccc2c(/C=C/c3ccccc3)n[nH]c2c1. The molecule has 4 aromatic carbocycles. The van der Waals surface area contributed by atoms with Crippen LogP contribution >= 0.6 is 0 Å². The highest BCUT2D eigenvalue weighted by Gasteiger charge is 2.10. The quantitative estimate of drug-likeness (QED) is 0.258. The fourth-order valence-corrected chi connectivity index (χ4v) is 3.92. The minimum absolute atomic E-state index is 0.214. The number of amides is 1. The molecule has 5 rings (SSSR count). The van der Waals surface area contributed by atoms with E-state index in [1.54, 1.807) is 0 Å². The molecule has 176 valence electrons. The molecule has 1 aromatic heterocycles. The predicted molar refractivity (Wildman–Crippen MR) is 146 cm³/mol. The third-order valence-corrected chi connectivity index (χ3v) is 5.84. The Morgan fingerprint density at radius 1 is 0.861 bits per heavy atom. The Kier molecular flexibility index (Phi) is 6.72. The molecular weight excluding hydrogens is 446 g/mol. The van der Waals surface area contributed by atoms with Crippen molar-refractivity contribution in [1.29, 1.82) is 0 Å². The smallest absolute Gasteiger partial charge is 0.411 e. The number of ether oxygens (including phenoxy) is 1. The minimum atomic E-state index is -0.503. The average Bonchev–Trinajstić information content (AvgIpc) is 3.34. The van der Waals surface area contributed by atoms with Crippen molar-refractivity contribution in [1.82, 2.24) is 10.2 Å². The van der Waals surface area contributed by atoms with E-state index in [2.05, 4.69) is 34.2 Å². The molecule has 36 heavy (non-hydrogen) atoms. The number of nitrogens with one attached hydrogen (secondary N) is 2. The van der Waals surface area contributed by atoms with Crippen molar-refractivity contribution in [3.8, 4) is 0 Å². The van der Waals surface area contributed by atoms with E-state index in [0.29, 0.717) is 5.69 Å². The van der Waals surface area contributed by atoms with Crippen molar-refractivity contribution >= 4 is 40.4 Å². The van der Waals surface area contributed by atoms with Gasteiger partial charge in [-0.1, -0.05) is 91.5 Å². The maximum absolute atomic E-state index is 12.3. The van der Waals surface area contributed by atoms with Gasteiger partial charge in [0, 0.05) is 11.1 Å². The number of rotatable bonds is 7. The Morgan fingerprint density at radius 2 is 1.61 bits per heavy atom. The number of carbonyl (C=O) groups excluding carboxylic acids is 1. The lowest BCUT2D eigenvalue weighted by atomic mass is 9.98. The van der Waals surface area contributed by atoms with E-state index < -0.39 is 6.09 Å². The van der Waals surface area contributed by atoms with Gasteiger partial charge in [-0.25, -0.2) is 4.79 Å². The molecule has 0 fully saturated rings. The molecule has 0 saturated carbocycles. The molecule has 5 heteroatoms. The number of hydrogen-bond acceptors (Lipinski definition) is 3. The van der Waals surface area contributed by atoms with E-state index in [4.69, 9.17) is 4.74 Å². The van der Waals surface area contributed by atoms with E-state index in [9.17, 15) is 4.79 Å². The normalized spacial score (nSPS) is 11.0. The summed E-state index contributed by atoms with van der Waals surface area (Å²) in [6.07, 6.45) is 3.55. The monoisotopic (exact) mass is 471 g/mol. The van der Waals surface area contributed by atoms with Crippen LogP contribution in [0.4, 0.5) is 10.5 Å². The maximum Gasteiger partial charge on any atom is 0.411 e. The van der Waals surface area contributed by atoms with Crippen LogP contribution < -0.4 is 5.32 Å². The van der Waals surface area contributed by atoms with E-state index in [0.717, 1.165) is 44.4 Å². The number of hydrogen-bond donors (Lipinski definition) is 2. The van der Waals surface area contributed by atoms with E-state index in [1.165, 1.54) is 0 Å². The molecule has 2 N–H and O–H groups in total. The minimum Gasteiger partial charge on any atom is -0.444 e. The summed E-state index contributed by atoms with van der Waals surface area (Å²) in [5, 5.41) is 11.4. The Morgan fingerprint density at radius 3 is 2.42 bits per heavy atom. The van der Waals surface area contributed by atoms with Crippen molar-refractivity contribution in [2.45, 2.75) is 6.61 Å². The Bertz CT molecular complexity index is 1540. The average molecular weight is 472 g/mol. The fraction of sp³-hybridized carbons (Fsp3) is 0.0323. The summed E-state index contributed by atoms with van der Waals surface area (Å²) in [6, 6.07) is 33.4. The zero-order valence-electron chi connectivity index (χ0n) is 19.6. The third-order valence-electron chi connectivity index (χ3n) is 5.84. The van der Waals surface area contributed by atoms with Gasteiger partial charge in [0.25, 0.3) is 0 Å². The van der Waals surface area contributed by atoms with Gasteiger partial charge in [-0.15, -0.1) is 0 Å². The van der Waals surface area contributed by atoms with Crippen LogP contribution in [0.5, 0.6) is 0 Å². The van der Waals surface area contributed by atoms with Crippen LogP contribution in [0.3, 0.4) is 0 Å². The molecule has 0 aliphatic carbocycles. The Hall–Kier alpha value is -4.90. The zero-order chi connectivity index (χ0) is 24.7. The number of carbonyl (C=O) groups is 1. The summed E-state index contributed by atoms with van der Waals surface area (Å²) in [4.78, 5) is 12.3. The standard InChI is InChI=1S/C31H25N3O2/c1-22(25-13-8-14-27(19-25)32-31(35)36-21-24-11-6-3-7-12-24)26-16-17-28-29(33-34-30(28)20-26)18-15-23-9-4-2-5-10-23/h2-20H,1,21H2,(H,32,35)(H,33,34)/b18-15+. The molecule has 0 bridgehead atoms. The first kappa shape index (κ1) is 22.9. The highest BCUT2D eigenvalue weighted by atomic mass is 16.5. The number of fused-ring (bicyclic) bond motifs is 1. The molecule has 5 aromatic rings. The molecule has 0 saturated heterocycles. The summed E-state index contributed by atoms with van der Waals surface area (Å²) in [7, 11) is 0. The molecule has 1 heterocycles. The highest BCUT2D eigenvalue weighted by molar-refractivity contribution is 5.93. The number of nitrogens with zero attached hydrogens (tertiary/aromatic N) is 1. The van der Waals surface area contributed by atoms with Crippen LogP contribution in [0.1, 0.15) is 27.9 Å². The van der Waals surface area contributed by atoms with Crippen LogP contribution in [0.15, 0.2) is 110 Å². The summed E-state index contributed by atoms with van der Waals surface area (Å²) >= 11 is 0. The Labute approximate surface area is 209 Å². The summed E-state index contributed by atoms with van der Waals surface area (Å²) in [5.41, 5.74) is 7.22. The molecule has 0 atom stereocenters. The predicted octanol–water partition coefficient (Wildman–Crippen LogP) is 7.54. The molecule has 0 radical (unpaired) electrons. The number of aromatic nitrogens is 2. The third kappa shape index (κ3) is 5.42. The van der Waals surface area contributed by atoms with Crippen molar-refractivity contribution in [2.75, 3.05) is 5.32 Å². The number of aromatic amines is 1. The van der Waals surface area contributed by atoms with Gasteiger partial charge < -0.3 is 4.74 Å². The molecule has 5 nitrogen and oxygen atoms in total. The highest BCUT2D eigenvalue weighted by Crippen LogP contribution is 2.28. The second-order valence-corrected chi connectivity index (χ2v) is 8.36. The molecule has 0 aliphatic rings. The van der Waals surface area contributed by atoms with Crippen LogP contribution in [0.2, 0.25) is 0 Å². The van der Waals surface area contributed by atoms with Crippen LogP contribution in [-0.4, -0.2) is 16.3 Å². The Balaban J connectivity index is 1.28. The molecule has 0 aliphatic heterocycles. The molecule has 0 spiro atoms. The first-order chi connectivity index (χ1) is 17.7. The van der Waals surface area contributed by atoms with Crippen LogP contribution in [-0.2, 0) is 11.3 Å². The van der Waals surface area contributed by atoms with E-state index in [1.807, 2.05) is 103 Å². The van der Waals surface area contributed by atoms with Crippen molar-refractivity contribution < 1.29 is 9.53 Å². The van der Waals surface area contributed by atoms with Gasteiger partial charge in [0.15, 0.2) is 0 Å². The zero-order valence-corrected chi connectivity index (χ0v) is 19.6. The van der Waals surface area contributed by atoms with Gasteiger partial charge in [-0.3, -0.25) is 10.4 Å². The number of anilines is 1. The van der Waals surface area contributed by atoms with Crippen LogP contribution in [0, 0.1) is 0 Å². The molecular formula is C31H25N3O2. The summed E-state index contributed by atoms with van der Waals surface area (Å²) in [5.74, 6) is 0. The first-order valence-electron chi connectivity index (χ1n) is 11.6. The van der Waals surface area contributed by atoms with Gasteiger partial charge in [-0.05, 0) is 58.2 Å². The van der Waals surface area contributed by atoms with Crippen molar-refractivity contribution in [2.24, 2.45) is 0 Å². The van der Waals surface area contributed by atoms with E-state index in [-0.39, 0.29) is 6.61 Å². The largest absolute Gasteiger partial charge is 0.444 e. The lowest BCUT2D eigenvalue weighted by Gasteiger charge is -2.11. The number of benzene rings is 4.